The first-order valence-corrected chi connectivity index (χ1v) is 13.4. The molecule has 2 aromatic heterocycles. The van der Waals surface area contributed by atoms with Gasteiger partial charge in [-0.15, -0.1) is 0 Å². The summed E-state index contributed by atoms with van der Waals surface area (Å²) in [5, 5.41) is 18.6. The molecule has 12 heteroatoms. The Morgan fingerprint density at radius 2 is 1.65 bits per heavy atom. The molecule has 0 radical (unpaired) electrons. The van der Waals surface area contributed by atoms with E-state index in [9.17, 15) is 24.3 Å². The number of imidazole rings is 1. The van der Waals surface area contributed by atoms with Gasteiger partial charge in [-0.25, -0.2) is 9.78 Å². The van der Waals surface area contributed by atoms with Crippen molar-refractivity contribution in [2.45, 2.75) is 71.1 Å². The molecule has 3 aromatic rings. The zero-order chi connectivity index (χ0) is 29.4. The smallest absolute Gasteiger partial charge is 0.326 e. The SMILES string of the molecule is CCC(C)C(NC(=O)C(N)Cc1cnc[nH]1)C(=O)NC(Cc1c[nH]c2ccccc12)C(=O)NC(C(=O)O)C(C)C. The van der Waals surface area contributed by atoms with Crippen molar-refractivity contribution in [3.63, 3.8) is 0 Å². The Morgan fingerprint density at radius 1 is 0.950 bits per heavy atom. The standard InChI is InChI=1S/C28H39N7O5/c1-5-16(4)24(35-25(36)20(29)11-18-13-30-14-32-18)27(38)33-22(26(37)34-23(15(2)3)28(39)40)10-17-12-31-21-9-7-6-8-19(17)21/h6-9,12-16,20,22-24,31H,5,10-11,29H2,1-4H3,(H,30,32)(H,33,38)(H,34,37)(H,35,36)(H,39,40). The van der Waals surface area contributed by atoms with Crippen molar-refractivity contribution in [2.75, 3.05) is 0 Å². The van der Waals surface area contributed by atoms with Gasteiger partial charge in [0.15, 0.2) is 0 Å². The fourth-order valence-corrected chi connectivity index (χ4v) is 4.45. The molecule has 0 aliphatic carbocycles. The molecule has 5 unspecified atom stereocenters. The predicted octanol–water partition coefficient (Wildman–Crippen LogP) is 1.24. The van der Waals surface area contributed by atoms with Crippen LogP contribution in [0.4, 0.5) is 0 Å². The summed E-state index contributed by atoms with van der Waals surface area (Å²) in [7, 11) is 0. The summed E-state index contributed by atoms with van der Waals surface area (Å²) in [6.45, 7) is 7.08. The van der Waals surface area contributed by atoms with Gasteiger partial charge in [-0.05, 0) is 23.5 Å². The molecule has 0 bridgehead atoms. The second-order valence-corrected chi connectivity index (χ2v) is 10.5. The Bertz CT molecular complexity index is 1300. The number of aromatic nitrogens is 3. The lowest BCUT2D eigenvalue weighted by molar-refractivity contribution is -0.143. The monoisotopic (exact) mass is 553 g/mol. The highest BCUT2D eigenvalue weighted by atomic mass is 16.4. The summed E-state index contributed by atoms with van der Waals surface area (Å²) in [4.78, 5) is 61.7. The molecular weight excluding hydrogens is 514 g/mol. The first kappa shape index (κ1) is 30.4. The quantitative estimate of drug-likeness (QED) is 0.156. The number of hydrogen-bond acceptors (Lipinski definition) is 6. The fourth-order valence-electron chi connectivity index (χ4n) is 4.45. The number of nitrogens with two attached hydrogens (primary N) is 1. The molecule has 40 heavy (non-hydrogen) atoms. The van der Waals surface area contributed by atoms with Gasteiger partial charge < -0.3 is 36.8 Å². The lowest BCUT2D eigenvalue weighted by atomic mass is 9.96. The fraction of sp³-hybridized carbons (Fsp3) is 0.464. The summed E-state index contributed by atoms with van der Waals surface area (Å²) in [5.41, 5.74) is 8.41. The lowest BCUT2D eigenvalue weighted by Gasteiger charge is -2.28. The van der Waals surface area contributed by atoms with Gasteiger partial charge in [0.25, 0.3) is 0 Å². The van der Waals surface area contributed by atoms with Crippen LogP contribution in [0.3, 0.4) is 0 Å². The number of amides is 3. The molecule has 0 aliphatic heterocycles. The Balaban J connectivity index is 1.83. The number of aromatic amines is 2. The van der Waals surface area contributed by atoms with Crippen LogP contribution in [-0.2, 0) is 32.0 Å². The van der Waals surface area contributed by atoms with E-state index in [0.29, 0.717) is 12.1 Å². The van der Waals surface area contributed by atoms with E-state index in [1.807, 2.05) is 38.1 Å². The van der Waals surface area contributed by atoms with Crippen molar-refractivity contribution in [1.82, 2.24) is 30.9 Å². The number of para-hydroxylation sites is 1. The Morgan fingerprint density at radius 3 is 2.27 bits per heavy atom. The van der Waals surface area contributed by atoms with Crippen LogP contribution in [0.15, 0.2) is 43.0 Å². The Hall–Kier alpha value is -4.19. The zero-order valence-electron chi connectivity index (χ0n) is 23.2. The molecule has 0 saturated heterocycles. The lowest BCUT2D eigenvalue weighted by Crippen LogP contribution is -2.59. The van der Waals surface area contributed by atoms with Crippen LogP contribution >= 0.6 is 0 Å². The van der Waals surface area contributed by atoms with E-state index in [1.54, 1.807) is 26.2 Å². The summed E-state index contributed by atoms with van der Waals surface area (Å²) in [5.74, 6) is -3.54. The zero-order valence-corrected chi connectivity index (χ0v) is 23.2. The molecule has 1 aromatic carbocycles. The van der Waals surface area contributed by atoms with Crippen LogP contribution < -0.4 is 21.7 Å². The van der Waals surface area contributed by atoms with E-state index in [0.717, 1.165) is 16.5 Å². The number of nitrogens with one attached hydrogen (secondary N) is 5. The van der Waals surface area contributed by atoms with E-state index >= 15 is 0 Å². The van der Waals surface area contributed by atoms with E-state index in [2.05, 4.69) is 30.9 Å². The summed E-state index contributed by atoms with van der Waals surface area (Å²) < 4.78 is 0. The molecule has 0 spiro atoms. The minimum Gasteiger partial charge on any atom is -0.480 e. The van der Waals surface area contributed by atoms with Crippen molar-refractivity contribution in [2.24, 2.45) is 17.6 Å². The van der Waals surface area contributed by atoms with Crippen LogP contribution in [0, 0.1) is 11.8 Å². The number of carboxylic acid groups (broad SMARTS) is 1. The number of rotatable bonds is 14. The number of H-pyrrole nitrogens is 2. The summed E-state index contributed by atoms with van der Waals surface area (Å²) >= 11 is 0. The maximum absolute atomic E-state index is 13.6. The Kier molecular flexibility index (Phi) is 10.4. The molecule has 3 amide bonds. The van der Waals surface area contributed by atoms with Gasteiger partial charge in [0, 0.05) is 41.8 Å². The highest BCUT2D eigenvalue weighted by Gasteiger charge is 2.33. The third-order valence-corrected chi connectivity index (χ3v) is 7.09. The van der Waals surface area contributed by atoms with Crippen LogP contribution in [0.5, 0.6) is 0 Å². The van der Waals surface area contributed by atoms with Crippen LogP contribution in [-0.4, -0.2) is 67.9 Å². The predicted molar refractivity (Wildman–Crippen MR) is 150 cm³/mol. The number of benzene rings is 1. The summed E-state index contributed by atoms with van der Waals surface area (Å²) in [6, 6.07) is 3.41. The van der Waals surface area contributed by atoms with Gasteiger partial charge in [-0.1, -0.05) is 52.3 Å². The summed E-state index contributed by atoms with van der Waals surface area (Å²) in [6.07, 6.45) is 5.70. The second kappa shape index (κ2) is 13.7. The average molecular weight is 554 g/mol. The van der Waals surface area contributed by atoms with Gasteiger partial charge in [-0.2, -0.15) is 0 Å². The van der Waals surface area contributed by atoms with Crippen LogP contribution in [0.2, 0.25) is 0 Å². The number of carbonyl (C=O) groups is 4. The molecule has 216 valence electrons. The molecular formula is C28H39N7O5. The average Bonchev–Trinajstić information content (AvgIpc) is 3.58. The largest absolute Gasteiger partial charge is 0.480 e. The van der Waals surface area contributed by atoms with Gasteiger partial charge >= 0.3 is 5.97 Å². The molecule has 8 N–H and O–H groups in total. The highest BCUT2D eigenvalue weighted by molar-refractivity contribution is 5.95. The van der Waals surface area contributed by atoms with Crippen molar-refractivity contribution in [3.05, 3.63) is 54.2 Å². The van der Waals surface area contributed by atoms with Crippen molar-refractivity contribution in [3.8, 4) is 0 Å². The Labute approximate surface area is 232 Å². The van der Waals surface area contributed by atoms with Crippen molar-refractivity contribution < 1.29 is 24.3 Å². The maximum Gasteiger partial charge on any atom is 0.326 e. The van der Waals surface area contributed by atoms with Crippen LogP contribution in [0.25, 0.3) is 10.9 Å². The van der Waals surface area contributed by atoms with E-state index in [1.165, 1.54) is 6.33 Å². The number of aliphatic carboxylic acids is 1. The first-order chi connectivity index (χ1) is 19.0. The third kappa shape index (κ3) is 7.69. The third-order valence-electron chi connectivity index (χ3n) is 7.09. The highest BCUT2D eigenvalue weighted by Crippen LogP contribution is 2.20. The molecule has 0 aliphatic rings. The first-order valence-electron chi connectivity index (χ1n) is 13.4. The number of carbonyl (C=O) groups excluding carboxylic acids is 3. The molecule has 3 rings (SSSR count). The van der Waals surface area contributed by atoms with E-state index in [4.69, 9.17) is 5.73 Å². The maximum atomic E-state index is 13.6. The number of fused-ring (bicyclic) bond motifs is 1. The molecule has 2 heterocycles. The van der Waals surface area contributed by atoms with Gasteiger partial charge in [0.2, 0.25) is 17.7 Å². The van der Waals surface area contributed by atoms with Crippen LogP contribution in [0.1, 0.15) is 45.4 Å². The molecule has 0 saturated carbocycles. The molecule has 12 nitrogen and oxygen atoms in total. The number of carboxylic acids is 1. The van der Waals surface area contributed by atoms with Gasteiger partial charge in [0.1, 0.15) is 18.1 Å². The molecule has 5 atom stereocenters. The number of nitrogens with zero attached hydrogens (tertiary/aromatic N) is 1. The topological polar surface area (TPSA) is 195 Å². The van der Waals surface area contributed by atoms with Crippen molar-refractivity contribution >= 4 is 34.6 Å². The van der Waals surface area contributed by atoms with Crippen molar-refractivity contribution in [1.29, 1.82) is 0 Å². The number of hydrogen-bond donors (Lipinski definition) is 7. The minimum atomic E-state index is -1.17. The van der Waals surface area contributed by atoms with E-state index < -0.39 is 47.9 Å². The van der Waals surface area contributed by atoms with Gasteiger partial charge in [0.05, 0.1) is 12.4 Å². The van der Waals surface area contributed by atoms with Gasteiger partial charge in [-0.3, -0.25) is 14.4 Å². The van der Waals surface area contributed by atoms with E-state index in [-0.39, 0.29) is 24.7 Å². The second-order valence-electron chi connectivity index (χ2n) is 10.5. The minimum absolute atomic E-state index is 0.104. The molecule has 0 fully saturated rings. The normalized spacial score (nSPS) is 15.2.